The summed E-state index contributed by atoms with van der Waals surface area (Å²) in [6.07, 6.45) is 1.52. The predicted molar refractivity (Wildman–Crippen MR) is 118 cm³/mol. The summed E-state index contributed by atoms with van der Waals surface area (Å²) in [7, 11) is 0. The second-order valence-electron chi connectivity index (χ2n) is 6.43. The van der Waals surface area contributed by atoms with Crippen molar-refractivity contribution in [3.05, 3.63) is 62.6 Å². The Morgan fingerprint density at radius 2 is 1.97 bits per heavy atom. The highest BCUT2D eigenvalue weighted by Gasteiger charge is 2.15. The minimum Gasteiger partial charge on any atom is -0.490 e. The normalized spacial score (nSPS) is 11.1. The van der Waals surface area contributed by atoms with Crippen molar-refractivity contribution in [2.75, 3.05) is 6.61 Å². The first-order valence-corrected chi connectivity index (χ1v) is 10.3. The van der Waals surface area contributed by atoms with E-state index in [4.69, 9.17) is 21.1 Å². The second-order valence-corrected chi connectivity index (χ2v) is 7.69. The smallest absolute Gasteiger partial charge is 0.262 e. The number of carbonyl (C=O) groups is 1. The summed E-state index contributed by atoms with van der Waals surface area (Å²) in [5, 5.41) is 12.7. The highest BCUT2D eigenvalue weighted by molar-refractivity contribution is 9.10. The Bertz CT molecular complexity index is 952. The number of amides is 1. The summed E-state index contributed by atoms with van der Waals surface area (Å²) < 4.78 is 12.3. The molecule has 0 aliphatic carbocycles. The molecule has 0 spiro atoms. The van der Waals surface area contributed by atoms with Crippen LogP contribution in [0.15, 0.2) is 46.4 Å². The third-order valence-electron chi connectivity index (χ3n) is 3.79. The highest BCUT2D eigenvalue weighted by atomic mass is 79.9. The van der Waals surface area contributed by atoms with Gasteiger partial charge in [-0.25, -0.2) is 0 Å². The molecule has 2 rings (SSSR count). The predicted octanol–water partition coefficient (Wildman–Crippen LogP) is 5.51. The van der Waals surface area contributed by atoms with E-state index >= 15 is 0 Å². The molecule has 0 saturated carbocycles. The Kier molecular flexibility index (Phi) is 8.56. The van der Waals surface area contributed by atoms with Gasteiger partial charge < -0.3 is 14.8 Å². The molecule has 0 bridgehead atoms. The fourth-order valence-electron chi connectivity index (χ4n) is 2.46. The number of carbonyl (C=O) groups excluding carboxylic acids is 1. The number of ether oxygens (including phenoxy) is 2. The van der Waals surface area contributed by atoms with Gasteiger partial charge in [0.2, 0.25) is 0 Å². The van der Waals surface area contributed by atoms with Crippen LogP contribution in [0.4, 0.5) is 0 Å². The van der Waals surface area contributed by atoms with Crippen LogP contribution in [0, 0.1) is 11.3 Å². The van der Waals surface area contributed by atoms with Crippen molar-refractivity contribution < 1.29 is 14.3 Å². The van der Waals surface area contributed by atoms with Crippen molar-refractivity contribution in [2.45, 2.75) is 33.4 Å². The van der Waals surface area contributed by atoms with E-state index in [9.17, 15) is 10.1 Å². The molecule has 5 nitrogen and oxygen atoms in total. The van der Waals surface area contributed by atoms with Crippen LogP contribution < -0.4 is 14.8 Å². The van der Waals surface area contributed by atoms with Gasteiger partial charge in [-0.1, -0.05) is 45.7 Å². The number of nitrogens with zero attached hydrogens (tertiary/aromatic N) is 1. The fraction of sp³-hybridized carbons (Fsp3) is 0.273. The zero-order valence-electron chi connectivity index (χ0n) is 16.5. The monoisotopic (exact) mass is 476 g/mol. The molecule has 0 atom stereocenters. The lowest BCUT2D eigenvalue weighted by atomic mass is 10.1. The molecule has 1 amide bonds. The quantitative estimate of drug-likeness (QED) is 0.402. The highest BCUT2D eigenvalue weighted by Crippen LogP contribution is 2.35. The van der Waals surface area contributed by atoms with E-state index in [2.05, 4.69) is 21.2 Å². The average molecular weight is 478 g/mol. The van der Waals surface area contributed by atoms with Gasteiger partial charge in [-0.05, 0) is 50.6 Å². The third kappa shape index (κ3) is 6.52. The summed E-state index contributed by atoms with van der Waals surface area (Å²) in [6, 6.07) is 12.8. The van der Waals surface area contributed by atoms with Crippen LogP contribution in [0.5, 0.6) is 11.5 Å². The van der Waals surface area contributed by atoms with Gasteiger partial charge in [0, 0.05) is 21.1 Å². The Balaban J connectivity index is 2.33. The number of benzene rings is 2. The van der Waals surface area contributed by atoms with Gasteiger partial charge in [0.05, 0.1) is 6.61 Å². The first-order chi connectivity index (χ1) is 13.8. The first-order valence-electron chi connectivity index (χ1n) is 9.10. The molecule has 0 heterocycles. The third-order valence-corrected chi connectivity index (χ3v) is 4.84. The molecule has 29 heavy (non-hydrogen) atoms. The van der Waals surface area contributed by atoms with Gasteiger partial charge >= 0.3 is 0 Å². The van der Waals surface area contributed by atoms with Crippen LogP contribution in [0.3, 0.4) is 0 Å². The lowest BCUT2D eigenvalue weighted by molar-refractivity contribution is -0.117. The topological polar surface area (TPSA) is 71.3 Å². The molecule has 152 valence electrons. The zero-order chi connectivity index (χ0) is 21.4. The molecule has 0 unspecified atom stereocenters. The van der Waals surface area contributed by atoms with E-state index < -0.39 is 5.91 Å². The van der Waals surface area contributed by atoms with Gasteiger partial charge in [-0.15, -0.1) is 0 Å². The van der Waals surface area contributed by atoms with Gasteiger partial charge in [-0.3, -0.25) is 4.79 Å². The summed E-state index contributed by atoms with van der Waals surface area (Å²) in [5.74, 6) is 0.614. The number of nitriles is 1. The number of hydrogen-bond acceptors (Lipinski definition) is 4. The van der Waals surface area contributed by atoms with E-state index in [0.29, 0.717) is 33.2 Å². The Labute approximate surface area is 184 Å². The molecule has 1 N–H and O–H groups in total. The molecule has 2 aromatic carbocycles. The molecule has 0 aliphatic heterocycles. The summed E-state index contributed by atoms with van der Waals surface area (Å²) in [6.45, 7) is 6.25. The Morgan fingerprint density at radius 3 is 2.59 bits per heavy atom. The zero-order valence-corrected chi connectivity index (χ0v) is 18.8. The molecule has 0 radical (unpaired) electrons. The summed E-state index contributed by atoms with van der Waals surface area (Å²) >= 11 is 9.67. The minimum atomic E-state index is -0.425. The van der Waals surface area contributed by atoms with Crippen molar-refractivity contribution in [2.24, 2.45) is 0 Å². The fourth-order valence-corrected chi connectivity index (χ4v) is 3.08. The molecular weight excluding hydrogens is 456 g/mol. The Morgan fingerprint density at radius 1 is 1.28 bits per heavy atom. The van der Waals surface area contributed by atoms with Gasteiger partial charge in [-0.2, -0.15) is 5.26 Å². The number of halogens is 2. The van der Waals surface area contributed by atoms with Crippen molar-refractivity contribution >= 4 is 39.5 Å². The SMILES string of the molecule is CCOc1cc(/C=C(/C#N)C(=O)NC(C)C)c(Br)cc1OCc1ccccc1Cl. The molecular formula is C22H22BrClN2O3. The molecule has 0 aliphatic rings. The van der Waals surface area contributed by atoms with Crippen LogP contribution in [0.1, 0.15) is 31.9 Å². The maximum Gasteiger partial charge on any atom is 0.262 e. The van der Waals surface area contributed by atoms with Crippen molar-refractivity contribution in [3.63, 3.8) is 0 Å². The van der Waals surface area contributed by atoms with Crippen LogP contribution in [-0.2, 0) is 11.4 Å². The van der Waals surface area contributed by atoms with E-state index in [-0.39, 0.29) is 18.2 Å². The first kappa shape index (κ1) is 22.8. The molecule has 0 saturated heterocycles. The van der Waals surface area contributed by atoms with E-state index in [1.165, 1.54) is 6.08 Å². The lowest BCUT2D eigenvalue weighted by Crippen LogP contribution is -2.30. The van der Waals surface area contributed by atoms with Crippen molar-refractivity contribution in [1.29, 1.82) is 5.26 Å². The average Bonchev–Trinajstić information content (AvgIpc) is 2.67. The van der Waals surface area contributed by atoms with E-state index in [1.807, 2.05) is 45.0 Å². The minimum absolute atomic E-state index is 0.00610. The van der Waals surface area contributed by atoms with Crippen LogP contribution >= 0.6 is 27.5 Å². The van der Waals surface area contributed by atoms with Crippen LogP contribution in [0.2, 0.25) is 5.02 Å². The molecule has 0 fully saturated rings. The van der Waals surface area contributed by atoms with Crippen LogP contribution in [-0.4, -0.2) is 18.6 Å². The second kappa shape index (κ2) is 10.9. The van der Waals surface area contributed by atoms with Gasteiger partial charge in [0.15, 0.2) is 11.5 Å². The maximum atomic E-state index is 12.2. The van der Waals surface area contributed by atoms with Crippen LogP contribution in [0.25, 0.3) is 6.08 Å². The Hall–Kier alpha value is -2.49. The standard InChI is InChI=1S/C22H22BrClN2O3/c1-4-28-20-10-16(9-17(12-25)22(27)26-14(2)3)18(23)11-21(20)29-13-15-7-5-6-8-19(15)24/h5-11,14H,4,13H2,1-3H3,(H,26,27)/b17-9-. The van der Waals surface area contributed by atoms with E-state index in [0.717, 1.165) is 5.56 Å². The summed E-state index contributed by atoms with van der Waals surface area (Å²) in [5.41, 5.74) is 1.49. The van der Waals surface area contributed by atoms with Gasteiger partial charge in [0.1, 0.15) is 18.2 Å². The molecule has 7 heteroatoms. The largest absolute Gasteiger partial charge is 0.490 e. The molecule has 2 aromatic rings. The summed E-state index contributed by atoms with van der Waals surface area (Å²) in [4.78, 5) is 12.2. The van der Waals surface area contributed by atoms with E-state index in [1.54, 1.807) is 18.2 Å². The van der Waals surface area contributed by atoms with Gasteiger partial charge in [0.25, 0.3) is 5.91 Å². The molecule has 0 aromatic heterocycles. The maximum absolute atomic E-state index is 12.2. The van der Waals surface area contributed by atoms with Crippen molar-refractivity contribution in [3.8, 4) is 17.6 Å². The lowest BCUT2D eigenvalue weighted by Gasteiger charge is -2.15. The number of rotatable bonds is 8. The number of nitrogens with one attached hydrogen (secondary N) is 1. The number of hydrogen-bond donors (Lipinski definition) is 1. The van der Waals surface area contributed by atoms with Crippen molar-refractivity contribution in [1.82, 2.24) is 5.32 Å².